The minimum atomic E-state index is -0.259. The molecule has 0 aliphatic rings. The van der Waals surface area contributed by atoms with E-state index in [1.807, 2.05) is 24.5 Å². The SMILES string of the molecule is COc1cc(C(=O)N(Cc2ccco2)c2nc3ccc(SC)cc3s2)cc(OC)c1OC. The lowest BCUT2D eigenvalue weighted by molar-refractivity contribution is 0.0982. The topological polar surface area (TPSA) is 74.0 Å². The third-order valence-corrected chi connectivity index (χ3v) is 6.63. The summed E-state index contributed by atoms with van der Waals surface area (Å²) in [5.41, 5.74) is 1.22. The molecule has 2 aromatic carbocycles. The number of rotatable bonds is 8. The van der Waals surface area contributed by atoms with Gasteiger partial charge in [0.05, 0.1) is 44.4 Å². The standard InChI is InChI=1S/C23H22N2O5S2/c1-27-18-10-14(11-19(28-2)21(18)29-3)22(26)25(13-15-6-5-9-30-15)23-24-17-8-7-16(31-4)12-20(17)32-23/h5-12H,13H2,1-4H3. The van der Waals surface area contributed by atoms with E-state index in [4.69, 9.17) is 23.6 Å². The van der Waals surface area contributed by atoms with Crippen LogP contribution in [0.4, 0.5) is 5.13 Å². The van der Waals surface area contributed by atoms with Crippen LogP contribution in [0.1, 0.15) is 16.1 Å². The average molecular weight is 471 g/mol. The summed E-state index contributed by atoms with van der Waals surface area (Å²) in [6.45, 7) is 0.234. The van der Waals surface area contributed by atoms with Gasteiger partial charge in [-0.1, -0.05) is 11.3 Å². The summed E-state index contributed by atoms with van der Waals surface area (Å²) in [5.74, 6) is 1.62. The number of anilines is 1. The van der Waals surface area contributed by atoms with Crippen LogP contribution in [0.25, 0.3) is 10.2 Å². The molecule has 0 unspecified atom stereocenters. The molecular weight excluding hydrogens is 448 g/mol. The fourth-order valence-corrected chi connectivity index (χ4v) is 4.80. The van der Waals surface area contributed by atoms with E-state index in [-0.39, 0.29) is 12.5 Å². The van der Waals surface area contributed by atoms with Gasteiger partial charge in [-0.05, 0) is 48.7 Å². The van der Waals surface area contributed by atoms with Crippen LogP contribution < -0.4 is 19.1 Å². The highest BCUT2D eigenvalue weighted by Gasteiger charge is 2.25. The molecular formula is C23H22N2O5S2. The number of carbonyl (C=O) groups is 1. The first-order valence-corrected chi connectivity index (χ1v) is 11.7. The predicted octanol–water partition coefficient (Wildman–Crippen LogP) is 5.48. The van der Waals surface area contributed by atoms with Gasteiger partial charge in [0.2, 0.25) is 5.75 Å². The Kier molecular flexibility index (Phi) is 6.57. The molecule has 0 fully saturated rings. The Morgan fingerprint density at radius 1 is 1.09 bits per heavy atom. The number of aromatic nitrogens is 1. The van der Waals surface area contributed by atoms with Crippen LogP contribution in [0.2, 0.25) is 0 Å². The Morgan fingerprint density at radius 2 is 1.84 bits per heavy atom. The molecule has 4 aromatic rings. The fourth-order valence-electron chi connectivity index (χ4n) is 3.28. The van der Waals surface area contributed by atoms with Crippen LogP contribution in [0.15, 0.2) is 58.0 Å². The quantitative estimate of drug-likeness (QED) is 0.316. The van der Waals surface area contributed by atoms with Crippen LogP contribution in [0.3, 0.4) is 0 Å². The van der Waals surface area contributed by atoms with Crippen LogP contribution in [-0.2, 0) is 6.54 Å². The van der Waals surface area contributed by atoms with Gasteiger partial charge in [0.25, 0.3) is 5.91 Å². The minimum Gasteiger partial charge on any atom is -0.493 e. The number of furan rings is 1. The molecule has 0 saturated heterocycles. The molecule has 4 rings (SSSR count). The zero-order valence-electron chi connectivity index (χ0n) is 18.1. The molecule has 0 spiro atoms. The van der Waals surface area contributed by atoms with Crippen LogP contribution in [0.5, 0.6) is 17.2 Å². The highest BCUT2D eigenvalue weighted by Crippen LogP contribution is 2.39. The number of thioether (sulfide) groups is 1. The minimum absolute atomic E-state index is 0.234. The van der Waals surface area contributed by atoms with E-state index in [0.29, 0.717) is 33.7 Å². The Labute approximate surface area is 193 Å². The van der Waals surface area contributed by atoms with Gasteiger partial charge < -0.3 is 18.6 Å². The number of benzene rings is 2. The number of hydrogen-bond acceptors (Lipinski definition) is 8. The molecule has 7 nitrogen and oxygen atoms in total. The third-order valence-electron chi connectivity index (χ3n) is 4.87. The maximum absolute atomic E-state index is 13.7. The lowest BCUT2D eigenvalue weighted by atomic mass is 10.1. The molecule has 0 aliphatic carbocycles. The molecule has 0 atom stereocenters. The Bertz CT molecular complexity index is 1210. The molecule has 32 heavy (non-hydrogen) atoms. The average Bonchev–Trinajstić information content (AvgIpc) is 3.49. The van der Waals surface area contributed by atoms with Crippen molar-refractivity contribution in [2.45, 2.75) is 11.4 Å². The van der Waals surface area contributed by atoms with Crippen molar-refractivity contribution in [3.8, 4) is 17.2 Å². The zero-order chi connectivity index (χ0) is 22.7. The lowest BCUT2D eigenvalue weighted by Gasteiger charge is -2.20. The van der Waals surface area contributed by atoms with Crippen molar-refractivity contribution < 1.29 is 23.4 Å². The van der Waals surface area contributed by atoms with Crippen molar-refractivity contribution in [3.63, 3.8) is 0 Å². The molecule has 166 valence electrons. The maximum Gasteiger partial charge on any atom is 0.260 e. The van der Waals surface area contributed by atoms with E-state index in [9.17, 15) is 4.79 Å². The first-order valence-electron chi connectivity index (χ1n) is 9.66. The monoisotopic (exact) mass is 470 g/mol. The summed E-state index contributed by atoms with van der Waals surface area (Å²) in [6, 6.07) is 13.0. The van der Waals surface area contributed by atoms with Gasteiger partial charge in [-0.3, -0.25) is 9.69 Å². The van der Waals surface area contributed by atoms with Crippen molar-refractivity contribution >= 4 is 44.4 Å². The number of ether oxygens (including phenoxy) is 3. The van der Waals surface area contributed by atoms with E-state index in [0.717, 1.165) is 15.1 Å². The largest absolute Gasteiger partial charge is 0.493 e. The zero-order valence-corrected chi connectivity index (χ0v) is 19.7. The highest BCUT2D eigenvalue weighted by atomic mass is 32.2. The first-order chi connectivity index (χ1) is 15.6. The third kappa shape index (κ3) is 4.26. The van der Waals surface area contributed by atoms with Crippen LogP contribution >= 0.6 is 23.1 Å². The first kappa shape index (κ1) is 22.0. The molecule has 0 bridgehead atoms. The van der Waals surface area contributed by atoms with Gasteiger partial charge >= 0.3 is 0 Å². The van der Waals surface area contributed by atoms with Gasteiger partial charge in [-0.15, -0.1) is 11.8 Å². The normalized spacial score (nSPS) is 10.9. The molecule has 2 heterocycles. The van der Waals surface area contributed by atoms with Gasteiger partial charge in [0, 0.05) is 10.5 Å². The maximum atomic E-state index is 13.7. The van der Waals surface area contributed by atoms with Crippen molar-refractivity contribution in [1.29, 1.82) is 0 Å². The molecule has 9 heteroatoms. The number of fused-ring (bicyclic) bond motifs is 1. The van der Waals surface area contributed by atoms with Gasteiger partial charge in [0.15, 0.2) is 16.6 Å². The molecule has 0 radical (unpaired) electrons. The summed E-state index contributed by atoms with van der Waals surface area (Å²) >= 11 is 3.12. The molecule has 2 aromatic heterocycles. The van der Waals surface area contributed by atoms with E-state index < -0.39 is 0 Å². The number of thiazole rings is 1. The smallest absolute Gasteiger partial charge is 0.260 e. The van der Waals surface area contributed by atoms with E-state index in [1.54, 1.807) is 41.1 Å². The number of carbonyl (C=O) groups excluding carboxylic acids is 1. The number of methoxy groups -OCH3 is 3. The summed E-state index contributed by atoms with van der Waals surface area (Å²) in [4.78, 5) is 21.2. The summed E-state index contributed by atoms with van der Waals surface area (Å²) in [6.07, 6.45) is 3.61. The second kappa shape index (κ2) is 9.54. The van der Waals surface area contributed by atoms with Gasteiger partial charge in [0.1, 0.15) is 5.76 Å². The van der Waals surface area contributed by atoms with Crippen molar-refractivity contribution in [2.75, 3.05) is 32.5 Å². The van der Waals surface area contributed by atoms with Crippen molar-refractivity contribution in [3.05, 3.63) is 60.1 Å². The lowest BCUT2D eigenvalue weighted by Crippen LogP contribution is -2.30. The van der Waals surface area contributed by atoms with Crippen molar-refractivity contribution in [1.82, 2.24) is 4.98 Å². The van der Waals surface area contributed by atoms with E-state index in [2.05, 4.69) is 6.07 Å². The fraction of sp³-hybridized carbons (Fsp3) is 0.217. The number of hydrogen-bond donors (Lipinski definition) is 0. The van der Waals surface area contributed by atoms with Crippen LogP contribution in [-0.4, -0.2) is 38.5 Å². The highest BCUT2D eigenvalue weighted by molar-refractivity contribution is 7.98. The summed E-state index contributed by atoms with van der Waals surface area (Å²) in [7, 11) is 4.56. The van der Waals surface area contributed by atoms with Gasteiger partial charge in [-0.25, -0.2) is 4.98 Å². The predicted molar refractivity (Wildman–Crippen MR) is 127 cm³/mol. The van der Waals surface area contributed by atoms with Crippen molar-refractivity contribution in [2.24, 2.45) is 0 Å². The number of amides is 1. The second-order valence-corrected chi connectivity index (χ2v) is 8.60. The summed E-state index contributed by atoms with van der Waals surface area (Å²) in [5, 5.41) is 0.577. The molecule has 0 aliphatic heterocycles. The molecule has 0 saturated carbocycles. The second-order valence-electron chi connectivity index (χ2n) is 6.71. The molecule has 0 N–H and O–H groups in total. The molecule has 1 amide bonds. The van der Waals surface area contributed by atoms with Gasteiger partial charge in [-0.2, -0.15) is 0 Å². The Morgan fingerprint density at radius 3 is 2.44 bits per heavy atom. The number of nitrogens with zero attached hydrogens (tertiary/aromatic N) is 2. The Balaban J connectivity index is 1.79. The van der Waals surface area contributed by atoms with Crippen LogP contribution in [0, 0.1) is 0 Å². The van der Waals surface area contributed by atoms with E-state index >= 15 is 0 Å². The Hall–Kier alpha value is -3.17. The van der Waals surface area contributed by atoms with E-state index in [1.165, 1.54) is 32.7 Å². The summed E-state index contributed by atoms with van der Waals surface area (Å²) < 4.78 is 22.8.